The zero-order valence-electron chi connectivity index (χ0n) is 18.1. The molecule has 0 aliphatic heterocycles. The molecule has 3 aromatic carbocycles. The van der Waals surface area contributed by atoms with Crippen molar-refractivity contribution < 1.29 is 9.84 Å². The summed E-state index contributed by atoms with van der Waals surface area (Å²) in [6, 6.07) is 26.3. The highest BCUT2D eigenvalue weighted by molar-refractivity contribution is 5.98. The van der Waals surface area contributed by atoms with Crippen LogP contribution in [0.25, 0.3) is 11.1 Å². The molecule has 0 amide bonds. The smallest absolute Gasteiger partial charge is 0.119 e. The van der Waals surface area contributed by atoms with E-state index >= 15 is 0 Å². The van der Waals surface area contributed by atoms with E-state index in [0.717, 1.165) is 36.3 Å². The van der Waals surface area contributed by atoms with Crippen LogP contribution in [0.5, 0.6) is 11.5 Å². The average molecular weight is 402 g/mol. The summed E-state index contributed by atoms with van der Waals surface area (Å²) in [5, 5.41) is 9.79. The van der Waals surface area contributed by atoms with Gasteiger partial charge in [-0.1, -0.05) is 61.5 Å². The van der Waals surface area contributed by atoms with Gasteiger partial charge in [-0.15, -0.1) is 0 Å². The van der Waals surface area contributed by atoms with Crippen LogP contribution < -0.4 is 4.74 Å². The lowest BCUT2D eigenvalue weighted by molar-refractivity contribution is 0.281. The van der Waals surface area contributed by atoms with Crippen molar-refractivity contribution in [3.8, 4) is 11.5 Å². The van der Waals surface area contributed by atoms with E-state index in [1.54, 1.807) is 12.1 Å². The van der Waals surface area contributed by atoms with Gasteiger partial charge in [0.05, 0.1) is 6.61 Å². The summed E-state index contributed by atoms with van der Waals surface area (Å²) in [6.07, 6.45) is 1.89. The molecule has 3 aromatic rings. The summed E-state index contributed by atoms with van der Waals surface area (Å²) in [7, 11) is 4.15. The first-order chi connectivity index (χ1) is 14.6. The highest BCUT2D eigenvalue weighted by Crippen LogP contribution is 2.36. The van der Waals surface area contributed by atoms with Crippen LogP contribution in [0.2, 0.25) is 0 Å². The van der Waals surface area contributed by atoms with Gasteiger partial charge in [-0.2, -0.15) is 0 Å². The summed E-state index contributed by atoms with van der Waals surface area (Å²) < 4.78 is 6.03. The fourth-order valence-corrected chi connectivity index (χ4v) is 3.62. The van der Waals surface area contributed by atoms with E-state index in [-0.39, 0.29) is 5.75 Å². The van der Waals surface area contributed by atoms with Crippen molar-refractivity contribution in [3.63, 3.8) is 0 Å². The quantitative estimate of drug-likeness (QED) is 0.348. The van der Waals surface area contributed by atoms with Gasteiger partial charge in [0.2, 0.25) is 0 Å². The predicted octanol–water partition coefficient (Wildman–Crippen LogP) is 6.09. The van der Waals surface area contributed by atoms with Crippen LogP contribution in [-0.2, 0) is 0 Å². The molecule has 0 atom stereocenters. The zero-order valence-corrected chi connectivity index (χ0v) is 18.1. The lowest BCUT2D eigenvalue weighted by atomic mass is 9.88. The minimum absolute atomic E-state index is 0.272. The summed E-state index contributed by atoms with van der Waals surface area (Å²) in [5.41, 5.74) is 5.85. The molecule has 0 bridgehead atoms. The van der Waals surface area contributed by atoms with Crippen LogP contribution in [0, 0.1) is 0 Å². The topological polar surface area (TPSA) is 32.7 Å². The molecule has 30 heavy (non-hydrogen) atoms. The van der Waals surface area contributed by atoms with Crippen molar-refractivity contribution in [2.45, 2.75) is 19.8 Å². The summed E-state index contributed by atoms with van der Waals surface area (Å²) >= 11 is 0. The second-order valence-electron chi connectivity index (χ2n) is 7.65. The molecule has 0 fully saturated rings. The molecule has 3 nitrogen and oxygen atoms in total. The fourth-order valence-electron chi connectivity index (χ4n) is 3.62. The lowest BCUT2D eigenvalue weighted by Crippen LogP contribution is -2.15. The molecule has 0 aliphatic rings. The SMILES string of the molecule is CC/C(=C(\c1ccc(O)cc1)c1cccc(OCCCN(C)C)c1)c1ccccc1. The van der Waals surface area contributed by atoms with Crippen molar-refractivity contribution >= 4 is 11.1 Å². The molecule has 3 rings (SSSR count). The van der Waals surface area contributed by atoms with Crippen LogP contribution in [0.1, 0.15) is 36.5 Å². The van der Waals surface area contributed by atoms with E-state index in [1.165, 1.54) is 16.7 Å². The van der Waals surface area contributed by atoms with Crippen LogP contribution in [0.4, 0.5) is 0 Å². The van der Waals surface area contributed by atoms with Gasteiger partial charge in [0.1, 0.15) is 11.5 Å². The number of phenols is 1. The molecule has 3 heteroatoms. The first-order valence-corrected chi connectivity index (χ1v) is 10.5. The van der Waals surface area contributed by atoms with E-state index in [1.807, 2.05) is 24.3 Å². The maximum atomic E-state index is 9.79. The molecule has 0 saturated heterocycles. The Morgan fingerprint density at radius 2 is 1.53 bits per heavy atom. The standard InChI is InChI=1S/C27H31NO2/c1-4-26(21-10-6-5-7-11-21)27(22-14-16-24(29)17-15-22)23-12-8-13-25(20-23)30-19-9-18-28(2)3/h5-8,10-17,20,29H,4,9,18-19H2,1-3H3/b27-26-. The number of benzene rings is 3. The number of ether oxygens (including phenoxy) is 1. The molecule has 0 unspecified atom stereocenters. The number of hydrogen-bond acceptors (Lipinski definition) is 3. The Kier molecular flexibility index (Phi) is 7.69. The first-order valence-electron chi connectivity index (χ1n) is 10.5. The van der Waals surface area contributed by atoms with Crippen molar-refractivity contribution in [1.82, 2.24) is 4.90 Å². The van der Waals surface area contributed by atoms with Crippen LogP contribution in [0.3, 0.4) is 0 Å². The molecule has 1 N–H and O–H groups in total. The average Bonchev–Trinajstić information content (AvgIpc) is 2.76. The first kappa shape index (κ1) is 21.7. The number of phenolic OH excluding ortho intramolecular Hbond substituents is 1. The largest absolute Gasteiger partial charge is 0.508 e. The molecule has 0 saturated carbocycles. The van der Waals surface area contributed by atoms with Gasteiger partial charge in [0.25, 0.3) is 0 Å². The predicted molar refractivity (Wildman–Crippen MR) is 126 cm³/mol. The molecule has 0 heterocycles. The van der Waals surface area contributed by atoms with Crippen molar-refractivity contribution in [1.29, 1.82) is 0 Å². The molecular formula is C27H31NO2. The maximum Gasteiger partial charge on any atom is 0.119 e. The van der Waals surface area contributed by atoms with Gasteiger partial charge in [-0.3, -0.25) is 0 Å². The number of nitrogens with zero attached hydrogens (tertiary/aromatic N) is 1. The third-order valence-electron chi connectivity index (χ3n) is 5.07. The van der Waals surface area contributed by atoms with Gasteiger partial charge in [-0.05, 0) is 79.0 Å². The van der Waals surface area contributed by atoms with Gasteiger partial charge in [0.15, 0.2) is 0 Å². The molecule has 0 spiro atoms. The number of hydrogen-bond donors (Lipinski definition) is 1. The number of rotatable bonds is 9. The van der Waals surface area contributed by atoms with Crippen LogP contribution >= 0.6 is 0 Å². The van der Waals surface area contributed by atoms with E-state index in [4.69, 9.17) is 4.74 Å². The van der Waals surface area contributed by atoms with E-state index in [0.29, 0.717) is 6.61 Å². The van der Waals surface area contributed by atoms with Gasteiger partial charge >= 0.3 is 0 Å². The van der Waals surface area contributed by atoms with E-state index in [9.17, 15) is 5.11 Å². The Bertz CT molecular complexity index is 960. The molecule has 0 aromatic heterocycles. The summed E-state index contributed by atoms with van der Waals surface area (Å²) in [6.45, 7) is 3.88. The maximum absolute atomic E-state index is 9.79. The number of aromatic hydroxyl groups is 1. The van der Waals surface area contributed by atoms with Crippen molar-refractivity contribution in [3.05, 3.63) is 95.6 Å². The lowest BCUT2D eigenvalue weighted by Gasteiger charge is -2.17. The Morgan fingerprint density at radius 1 is 0.833 bits per heavy atom. The van der Waals surface area contributed by atoms with Crippen molar-refractivity contribution in [2.75, 3.05) is 27.2 Å². The minimum atomic E-state index is 0.272. The summed E-state index contributed by atoms with van der Waals surface area (Å²) in [5.74, 6) is 1.15. The third-order valence-corrected chi connectivity index (χ3v) is 5.07. The molecule has 0 radical (unpaired) electrons. The highest BCUT2D eigenvalue weighted by atomic mass is 16.5. The Morgan fingerprint density at radius 3 is 2.20 bits per heavy atom. The summed E-state index contributed by atoms with van der Waals surface area (Å²) in [4.78, 5) is 2.17. The number of allylic oxidation sites excluding steroid dienone is 1. The minimum Gasteiger partial charge on any atom is -0.508 e. The second-order valence-corrected chi connectivity index (χ2v) is 7.65. The fraction of sp³-hybridized carbons (Fsp3) is 0.259. The monoisotopic (exact) mass is 401 g/mol. The Labute approximate surface area is 180 Å². The second kappa shape index (κ2) is 10.7. The van der Waals surface area contributed by atoms with E-state index < -0.39 is 0 Å². The Hall–Kier alpha value is -3.04. The van der Waals surface area contributed by atoms with Crippen molar-refractivity contribution in [2.24, 2.45) is 0 Å². The molecule has 156 valence electrons. The molecule has 0 aliphatic carbocycles. The zero-order chi connectivity index (χ0) is 21.3. The van der Waals surface area contributed by atoms with Gasteiger partial charge < -0.3 is 14.7 Å². The third kappa shape index (κ3) is 5.74. The van der Waals surface area contributed by atoms with Gasteiger partial charge in [-0.25, -0.2) is 0 Å². The normalized spacial score (nSPS) is 12.0. The highest BCUT2D eigenvalue weighted by Gasteiger charge is 2.14. The van der Waals surface area contributed by atoms with Crippen LogP contribution in [-0.4, -0.2) is 37.3 Å². The molecular weight excluding hydrogens is 370 g/mol. The van der Waals surface area contributed by atoms with Gasteiger partial charge in [0, 0.05) is 6.54 Å². The Balaban J connectivity index is 2.02. The van der Waals surface area contributed by atoms with E-state index in [2.05, 4.69) is 68.4 Å². The van der Waals surface area contributed by atoms with Crippen LogP contribution in [0.15, 0.2) is 78.9 Å².